The third-order valence-corrected chi connectivity index (χ3v) is 4.62. The molecule has 1 aliphatic heterocycles. The van der Waals surface area contributed by atoms with E-state index in [4.69, 9.17) is 10.5 Å². The molecule has 1 unspecified atom stereocenters. The van der Waals surface area contributed by atoms with E-state index >= 15 is 0 Å². The van der Waals surface area contributed by atoms with Gasteiger partial charge in [-0.15, -0.1) is 0 Å². The number of fused-ring (bicyclic) bond motifs is 1. The van der Waals surface area contributed by atoms with E-state index in [1.807, 2.05) is 4.57 Å². The van der Waals surface area contributed by atoms with Crippen molar-refractivity contribution in [2.75, 3.05) is 17.7 Å². The molecule has 1 fully saturated rings. The van der Waals surface area contributed by atoms with Gasteiger partial charge in [0.2, 0.25) is 5.95 Å². The third kappa shape index (κ3) is 3.42. The zero-order chi connectivity index (χ0) is 16.4. The summed E-state index contributed by atoms with van der Waals surface area (Å²) < 4.78 is 8.54. The van der Waals surface area contributed by atoms with E-state index in [2.05, 4.69) is 50.0 Å². The highest BCUT2D eigenvalue weighted by Gasteiger charge is 2.24. The van der Waals surface area contributed by atoms with Gasteiger partial charge in [-0.1, -0.05) is 13.3 Å². The number of ether oxygens (including phenoxy) is 1. The summed E-state index contributed by atoms with van der Waals surface area (Å²) in [7, 11) is 0. The van der Waals surface area contributed by atoms with Crippen LogP contribution in [0, 0.1) is 0 Å². The predicted molar refractivity (Wildman–Crippen MR) is 94.3 cm³/mol. The highest BCUT2D eigenvalue weighted by molar-refractivity contribution is 9.10. The van der Waals surface area contributed by atoms with Crippen LogP contribution < -0.4 is 11.1 Å². The van der Waals surface area contributed by atoms with Gasteiger partial charge >= 0.3 is 0 Å². The average Bonchev–Trinajstić information content (AvgIpc) is 2.85. The van der Waals surface area contributed by atoms with Crippen molar-refractivity contribution in [3.63, 3.8) is 0 Å². The summed E-state index contributed by atoms with van der Waals surface area (Å²) >= 11 is 3.51. The van der Waals surface area contributed by atoms with Crippen molar-refractivity contribution in [2.24, 2.45) is 0 Å². The SMILES string of the molecule is CCC[C@@H](C)Nc1nc(N)c2nc(Br)n(C3CCCCO3)c2n1. The first-order valence-corrected chi connectivity index (χ1v) is 8.98. The Morgan fingerprint density at radius 1 is 1.39 bits per heavy atom. The number of imidazole rings is 1. The topological polar surface area (TPSA) is 90.9 Å². The molecule has 0 aromatic carbocycles. The standard InChI is InChI=1S/C15H23BrN6O/c1-3-6-9(2)18-15-20-12(17)11-13(21-15)22(14(16)19-11)10-7-4-5-8-23-10/h9-10H,3-8H2,1-2H3,(H3,17,18,20,21)/t9-,10?/m1/s1. The van der Waals surface area contributed by atoms with Crippen LogP contribution in [-0.4, -0.2) is 32.2 Å². The van der Waals surface area contributed by atoms with Gasteiger partial charge in [0, 0.05) is 12.6 Å². The van der Waals surface area contributed by atoms with Gasteiger partial charge in [0.15, 0.2) is 21.7 Å². The number of rotatable bonds is 5. The number of nitrogen functional groups attached to an aromatic ring is 1. The molecule has 2 aromatic rings. The number of hydrogen-bond acceptors (Lipinski definition) is 6. The molecule has 2 atom stereocenters. The fraction of sp³-hybridized carbons (Fsp3) is 0.667. The van der Waals surface area contributed by atoms with E-state index in [1.165, 1.54) is 0 Å². The molecule has 23 heavy (non-hydrogen) atoms. The first-order valence-electron chi connectivity index (χ1n) is 8.19. The van der Waals surface area contributed by atoms with E-state index in [1.54, 1.807) is 0 Å². The number of halogens is 1. The molecule has 0 bridgehead atoms. The molecule has 3 N–H and O–H groups in total. The van der Waals surface area contributed by atoms with E-state index in [0.717, 1.165) is 38.7 Å². The Kier molecular flexibility index (Phi) is 5.01. The number of nitrogens with one attached hydrogen (secondary N) is 1. The average molecular weight is 383 g/mol. The number of anilines is 2. The molecule has 1 aliphatic rings. The minimum absolute atomic E-state index is 0.0571. The zero-order valence-electron chi connectivity index (χ0n) is 13.5. The lowest BCUT2D eigenvalue weighted by Gasteiger charge is -2.24. The number of hydrogen-bond donors (Lipinski definition) is 2. The quantitative estimate of drug-likeness (QED) is 0.769. The lowest BCUT2D eigenvalue weighted by molar-refractivity contribution is -0.0311. The maximum atomic E-state index is 6.09. The Hall–Kier alpha value is -1.41. The van der Waals surface area contributed by atoms with Crippen LogP contribution in [0.4, 0.5) is 11.8 Å². The molecule has 0 aliphatic carbocycles. The number of nitrogens with zero attached hydrogens (tertiary/aromatic N) is 4. The minimum atomic E-state index is -0.0571. The molecular formula is C15H23BrN6O. The molecule has 8 heteroatoms. The van der Waals surface area contributed by atoms with Gasteiger partial charge in [-0.25, -0.2) is 4.98 Å². The van der Waals surface area contributed by atoms with E-state index < -0.39 is 0 Å². The van der Waals surface area contributed by atoms with E-state index in [-0.39, 0.29) is 6.23 Å². The monoisotopic (exact) mass is 382 g/mol. The van der Waals surface area contributed by atoms with Gasteiger partial charge in [-0.05, 0) is 48.5 Å². The van der Waals surface area contributed by atoms with Gasteiger partial charge in [-0.3, -0.25) is 4.57 Å². The Balaban J connectivity index is 1.99. The summed E-state index contributed by atoms with van der Waals surface area (Å²) in [6.07, 6.45) is 5.28. The van der Waals surface area contributed by atoms with Crippen molar-refractivity contribution in [2.45, 2.75) is 58.2 Å². The molecular weight excluding hydrogens is 360 g/mol. The van der Waals surface area contributed by atoms with Gasteiger partial charge in [-0.2, -0.15) is 9.97 Å². The Bertz CT molecular complexity index is 682. The molecule has 3 heterocycles. The second kappa shape index (κ2) is 7.00. The maximum Gasteiger partial charge on any atom is 0.226 e. The van der Waals surface area contributed by atoms with E-state index in [0.29, 0.717) is 33.7 Å². The van der Waals surface area contributed by atoms with E-state index in [9.17, 15) is 0 Å². The number of nitrogens with two attached hydrogens (primary N) is 1. The van der Waals surface area contributed by atoms with Crippen LogP contribution in [0.3, 0.4) is 0 Å². The zero-order valence-corrected chi connectivity index (χ0v) is 15.1. The highest BCUT2D eigenvalue weighted by atomic mass is 79.9. The van der Waals surface area contributed by atoms with Crippen LogP contribution in [-0.2, 0) is 4.74 Å². The Morgan fingerprint density at radius 3 is 2.91 bits per heavy atom. The van der Waals surface area contributed by atoms with Crippen molar-refractivity contribution in [1.82, 2.24) is 19.5 Å². The fourth-order valence-electron chi connectivity index (χ4n) is 2.94. The van der Waals surface area contributed by atoms with Gasteiger partial charge in [0.05, 0.1) is 0 Å². The van der Waals surface area contributed by atoms with Crippen molar-refractivity contribution >= 4 is 38.9 Å². The van der Waals surface area contributed by atoms with Crippen LogP contribution in [0.25, 0.3) is 11.2 Å². The third-order valence-electron chi connectivity index (χ3n) is 4.06. The van der Waals surface area contributed by atoms with Crippen LogP contribution >= 0.6 is 15.9 Å². The molecule has 0 radical (unpaired) electrons. The first-order chi connectivity index (χ1) is 11.1. The molecule has 126 valence electrons. The molecule has 0 saturated carbocycles. The van der Waals surface area contributed by atoms with Crippen molar-refractivity contribution in [3.8, 4) is 0 Å². The van der Waals surface area contributed by atoms with Crippen molar-refractivity contribution in [3.05, 3.63) is 4.73 Å². The molecule has 0 spiro atoms. The van der Waals surface area contributed by atoms with Crippen LogP contribution in [0.1, 0.15) is 52.2 Å². The Labute approximate surface area is 144 Å². The summed E-state index contributed by atoms with van der Waals surface area (Å²) in [4.78, 5) is 13.4. The molecule has 7 nitrogen and oxygen atoms in total. The summed E-state index contributed by atoms with van der Waals surface area (Å²) in [5.41, 5.74) is 7.41. The lowest BCUT2D eigenvalue weighted by atomic mass is 10.2. The van der Waals surface area contributed by atoms with Crippen LogP contribution in [0.5, 0.6) is 0 Å². The second-order valence-electron chi connectivity index (χ2n) is 6.01. The Morgan fingerprint density at radius 2 is 2.22 bits per heavy atom. The summed E-state index contributed by atoms with van der Waals surface area (Å²) in [6.45, 7) is 5.03. The first kappa shape index (κ1) is 16.4. The normalized spacial score (nSPS) is 19.9. The highest BCUT2D eigenvalue weighted by Crippen LogP contribution is 2.32. The minimum Gasteiger partial charge on any atom is -0.382 e. The lowest BCUT2D eigenvalue weighted by Crippen LogP contribution is -2.20. The second-order valence-corrected chi connectivity index (χ2v) is 6.72. The fourth-order valence-corrected chi connectivity index (χ4v) is 3.51. The van der Waals surface area contributed by atoms with Gasteiger partial charge < -0.3 is 15.8 Å². The van der Waals surface area contributed by atoms with Crippen molar-refractivity contribution in [1.29, 1.82) is 0 Å². The molecule has 0 amide bonds. The largest absolute Gasteiger partial charge is 0.382 e. The van der Waals surface area contributed by atoms with Crippen LogP contribution in [0.15, 0.2) is 4.73 Å². The molecule has 1 saturated heterocycles. The van der Waals surface area contributed by atoms with Gasteiger partial charge in [0.25, 0.3) is 0 Å². The maximum absolute atomic E-state index is 6.09. The predicted octanol–water partition coefficient (Wildman–Crippen LogP) is 3.47. The van der Waals surface area contributed by atoms with Crippen LogP contribution in [0.2, 0.25) is 0 Å². The summed E-state index contributed by atoms with van der Waals surface area (Å²) in [5, 5.41) is 3.32. The smallest absolute Gasteiger partial charge is 0.226 e. The molecule has 2 aromatic heterocycles. The molecule has 3 rings (SSSR count). The summed E-state index contributed by atoms with van der Waals surface area (Å²) in [5.74, 6) is 0.928. The number of aromatic nitrogens is 4. The van der Waals surface area contributed by atoms with Crippen molar-refractivity contribution < 1.29 is 4.74 Å². The summed E-state index contributed by atoms with van der Waals surface area (Å²) in [6, 6.07) is 0.294. The van der Waals surface area contributed by atoms with Gasteiger partial charge in [0.1, 0.15) is 6.23 Å².